The summed E-state index contributed by atoms with van der Waals surface area (Å²) in [6.07, 6.45) is 1.13. The molecule has 1 aromatic carbocycles. The van der Waals surface area contributed by atoms with Gasteiger partial charge in [-0.2, -0.15) is 0 Å². The minimum atomic E-state index is -1.41. The van der Waals surface area contributed by atoms with Crippen LogP contribution in [0.3, 0.4) is 0 Å². The Labute approximate surface area is 107 Å². The lowest BCUT2D eigenvalue weighted by Gasteiger charge is -2.07. The third kappa shape index (κ3) is 3.21. The van der Waals surface area contributed by atoms with Crippen LogP contribution in [-0.4, -0.2) is 18.4 Å². The van der Waals surface area contributed by atoms with E-state index < -0.39 is 40.3 Å². The Morgan fingerprint density at radius 1 is 1.16 bits per heavy atom. The van der Waals surface area contributed by atoms with E-state index in [0.29, 0.717) is 6.07 Å². The maximum Gasteiger partial charge on any atom is 0.341 e. The van der Waals surface area contributed by atoms with E-state index >= 15 is 0 Å². The SMILES string of the molecule is CC=C(C(=O)OCC)C(=O)c1cc(F)c(F)cc1F. The summed E-state index contributed by atoms with van der Waals surface area (Å²) in [4.78, 5) is 23.3. The summed E-state index contributed by atoms with van der Waals surface area (Å²) >= 11 is 0. The van der Waals surface area contributed by atoms with Gasteiger partial charge >= 0.3 is 5.97 Å². The van der Waals surface area contributed by atoms with E-state index in [1.54, 1.807) is 0 Å². The zero-order valence-electron chi connectivity index (χ0n) is 10.3. The van der Waals surface area contributed by atoms with E-state index in [2.05, 4.69) is 4.74 Å². The Bertz CT molecular complexity index is 550. The Morgan fingerprint density at radius 2 is 1.74 bits per heavy atom. The number of esters is 1. The monoisotopic (exact) mass is 272 g/mol. The standard InChI is InChI=1S/C13H11F3O3/c1-3-7(13(18)19-4-2)12(17)8-5-10(15)11(16)6-9(8)14/h3,5-6H,4H2,1-2H3. The number of rotatable bonds is 4. The molecule has 0 aliphatic rings. The van der Waals surface area contributed by atoms with Gasteiger partial charge in [-0.25, -0.2) is 18.0 Å². The molecule has 0 radical (unpaired) electrons. The number of ether oxygens (including phenoxy) is 1. The van der Waals surface area contributed by atoms with Crippen LogP contribution >= 0.6 is 0 Å². The first-order chi connectivity index (χ1) is 8.92. The second-order valence-electron chi connectivity index (χ2n) is 3.50. The van der Waals surface area contributed by atoms with Gasteiger partial charge in [-0.1, -0.05) is 6.08 Å². The predicted octanol–water partition coefficient (Wildman–Crippen LogP) is 2.80. The molecule has 0 unspecified atom stereocenters. The highest BCUT2D eigenvalue weighted by atomic mass is 19.2. The number of benzene rings is 1. The maximum absolute atomic E-state index is 13.4. The molecule has 102 valence electrons. The van der Waals surface area contributed by atoms with Gasteiger partial charge in [0.25, 0.3) is 0 Å². The van der Waals surface area contributed by atoms with E-state index in [9.17, 15) is 22.8 Å². The smallest absolute Gasteiger partial charge is 0.341 e. The lowest BCUT2D eigenvalue weighted by atomic mass is 10.0. The molecule has 0 bridgehead atoms. The molecule has 0 saturated heterocycles. The molecule has 0 saturated carbocycles. The van der Waals surface area contributed by atoms with Crippen LogP contribution < -0.4 is 0 Å². The van der Waals surface area contributed by atoms with Gasteiger partial charge in [0, 0.05) is 6.07 Å². The van der Waals surface area contributed by atoms with Crippen LogP contribution in [0.25, 0.3) is 0 Å². The van der Waals surface area contributed by atoms with Crippen molar-refractivity contribution in [1.29, 1.82) is 0 Å². The molecule has 0 aliphatic carbocycles. The summed E-state index contributed by atoms with van der Waals surface area (Å²) in [5.41, 5.74) is -1.16. The topological polar surface area (TPSA) is 43.4 Å². The van der Waals surface area contributed by atoms with Crippen LogP contribution in [-0.2, 0) is 9.53 Å². The molecule has 0 amide bonds. The highest BCUT2D eigenvalue weighted by molar-refractivity contribution is 6.24. The van der Waals surface area contributed by atoms with Crippen molar-refractivity contribution in [3.8, 4) is 0 Å². The molecule has 19 heavy (non-hydrogen) atoms. The van der Waals surface area contributed by atoms with Gasteiger partial charge in [0.15, 0.2) is 11.6 Å². The second kappa shape index (κ2) is 6.17. The molecule has 0 aromatic heterocycles. The van der Waals surface area contributed by atoms with Crippen LogP contribution in [0.2, 0.25) is 0 Å². The molecular formula is C13H11F3O3. The fourth-order valence-electron chi connectivity index (χ4n) is 1.39. The second-order valence-corrected chi connectivity index (χ2v) is 3.50. The molecule has 3 nitrogen and oxygen atoms in total. The van der Waals surface area contributed by atoms with Crippen molar-refractivity contribution >= 4 is 11.8 Å². The first-order valence-electron chi connectivity index (χ1n) is 5.45. The molecule has 0 aliphatic heterocycles. The number of Topliss-reactive ketones (excluding diaryl/α,β-unsaturated/α-hetero) is 1. The molecule has 0 heterocycles. The molecule has 1 rings (SSSR count). The van der Waals surface area contributed by atoms with E-state index in [4.69, 9.17) is 0 Å². The van der Waals surface area contributed by atoms with Crippen LogP contribution in [0.15, 0.2) is 23.8 Å². The normalized spacial score (nSPS) is 11.3. The Kier molecular flexibility index (Phi) is 4.86. The van der Waals surface area contributed by atoms with Gasteiger partial charge in [-0.05, 0) is 19.9 Å². The van der Waals surface area contributed by atoms with Crippen LogP contribution in [0.1, 0.15) is 24.2 Å². The number of allylic oxidation sites excluding steroid dienone is 1. The molecule has 0 N–H and O–H groups in total. The summed E-state index contributed by atoms with van der Waals surface area (Å²) in [6, 6.07) is 0.663. The number of carbonyl (C=O) groups is 2. The summed E-state index contributed by atoms with van der Waals surface area (Å²) in [7, 11) is 0. The quantitative estimate of drug-likeness (QED) is 0.211. The predicted molar refractivity (Wildman–Crippen MR) is 61.0 cm³/mol. The number of ketones is 1. The summed E-state index contributed by atoms with van der Waals surface area (Å²) in [6.45, 7) is 2.94. The number of halogens is 3. The Balaban J connectivity index is 3.19. The van der Waals surface area contributed by atoms with E-state index in [1.807, 2.05) is 0 Å². The van der Waals surface area contributed by atoms with Crippen LogP contribution in [0.4, 0.5) is 13.2 Å². The summed E-state index contributed by atoms with van der Waals surface area (Å²) in [5.74, 6) is -6.03. The average molecular weight is 272 g/mol. The van der Waals surface area contributed by atoms with Crippen molar-refractivity contribution in [3.05, 3.63) is 46.8 Å². The van der Waals surface area contributed by atoms with Gasteiger partial charge in [0.05, 0.1) is 12.2 Å². The number of hydrogen-bond donors (Lipinski definition) is 0. The van der Waals surface area contributed by atoms with E-state index in [0.717, 1.165) is 6.08 Å². The first-order valence-corrected chi connectivity index (χ1v) is 5.45. The third-order valence-electron chi connectivity index (χ3n) is 2.28. The van der Waals surface area contributed by atoms with Gasteiger partial charge in [0.1, 0.15) is 11.4 Å². The van der Waals surface area contributed by atoms with Crippen LogP contribution in [0.5, 0.6) is 0 Å². The highest BCUT2D eigenvalue weighted by Crippen LogP contribution is 2.18. The molecule has 6 heteroatoms. The highest BCUT2D eigenvalue weighted by Gasteiger charge is 2.24. The lowest BCUT2D eigenvalue weighted by Crippen LogP contribution is -2.17. The fourth-order valence-corrected chi connectivity index (χ4v) is 1.39. The van der Waals surface area contributed by atoms with Gasteiger partial charge in [-0.3, -0.25) is 4.79 Å². The van der Waals surface area contributed by atoms with Crippen molar-refractivity contribution in [2.75, 3.05) is 6.61 Å². The lowest BCUT2D eigenvalue weighted by molar-refractivity contribution is -0.138. The molecular weight excluding hydrogens is 261 g/mol. The Morgan fingerprint density at radius 3 is 2.26 bits per heavy atom. The van der Waals surface area contributed by atoms with Crippen molar-refractivity contribution in [2.45, 2.75) is 13.8 Å². The zero-order valence-corrected chi connectivity index (χ0v) is 10.3. The van der Waals surface area contributed by atoms with Crippen molar-refractivity contribution in [2.24, 2.45) is 0 Å². The molecule has 1 aromatic rings. The average Bonchev–Trinajstić information content (AvgIpc) is 2.34. The Hall–Kier alpha value is -2.11. The number of hydrogen-bond acceptors (Lipinski definition) is 3. The first kappa shape index (κ1) is 14.9. The van der Waals surface area contributed by atoms with Crippen LogP contribution in [0, 0.1) is 17.5 Å². The molecule has 0 atom stereocenters. The van der Waals surface area contributed by atoms with Crippen molar-refractivity contribution < 1.29 is 27.5 Å². The van der Waals surface area contributed by atoms with Gasteiger partial charge in [-0.15, -0.1) is 0 Å². The van der Waals surface area contributed by atoms with Gasteiger partial charge < -0.3 is 4.74 Å². The summed E-state index contributed by atoms with van der Waals surface area (Å²) < 4.78 is 43.8. The molecule has 0 fully saturated rings. The molecule has 0 spiro atoms. The largest absolute Gasteiger partial charge is 0.462 e. The van der Waals surface area contributed by atoms with Crippen molar-refractivity contribution in [1.82, 2.24) is 0 Å². The van der Waals surface area contributed by atoms with E-state index in [-0.39, 0.29) is 12.7 Å². The summed E-state index contributed by atoms with van der Waals surface area (Å²) in [5, 5.41) is 0. The number of carbonyl (C=O) groups excluding carboxylic acids is 2. The maximum atomic E-state index is 13.4. The van der Waals surface area contributed by atoms with Crippen molar-refractivity contribution in [3.63, 3.8) is 0 Å². The zero-order chi connectivity index (χ0) is 14.6. The van der Waals surface area contributed by atoms with Gasteiger partial charge in [0.2, 0.25) is 5.78 Å². The van der Waals surface area contributed by atoms with E-state index in [1.165, 1.54) is 13.8 Å². The fraction of sp³-hybridized carbons (Fsp3) is 0.231. The minimum absolute atomic E-state index is 0.0315. The minimum Gasteiger partial charge on any atom is -0.462 e. The third-order valence-corrected chi connectivity index (χ3v) is 2.28.